The maximum atomic E-state index is 7.37. The number of fused-ring (bicyclic) bond motifs is 1. The molecule has 8 rings (SSSR count). The Hall–Kier alpha value is -1.41. The minimum atomic E-state index is -2.92. The number of hydrogen-bond acceptors (Lipinski definition) is 11. The van der Waals surface area contributed by atoms with Gasteiger partial charge in [-0.15, -0.1) is 0 Å². The van der Waals surface area contributed by atoms with Gasteiger partial charge in [0.05, 0.1) is 19.9 Å². The monoisotopic (exact) mass is 646 g/mol. The topological polar surface area (TPSA) is 84.9 Å². The van der Waals surface area contributed by atoms with Crippen molar-refractivity contribution in [3.63, 3.8) is 0 Å². The van der Waals surface area contributed by atoms with Crippen LogP contribution in [-0.4, -0.2) is 82.8 Å². The molecule has 0 saturated carbocycles. The summed E-state index contributed by atoms with van der Waals surface area (Å²) in [4.78, 5) is 0. The van der Waals surface area contributed by atoms with Gasteiger partial charge in [0.15, 0.2) is 0 Å². The Morgan fingerprint density at radius 3 is 1.79 bits per heavy atom. The van der Waals surface area contributed by atoms with Crippen LogP contribution in [0.4, 0.5) is 0 Å². The predicted molar refractivity (Wildman–Crippen MR) is 173 cm³/mol. The van der Waals surface area contributed by atoms with Gasteiger partial charge in [0.2, 0.25) is 15.0 Å². The Kier molecular flexibility index (Phi) is 7.93. The summed E-state index contributed by atoms with van der Waals surface area (Å²) in [6, 6.07) is 10.2. The molecule has 1 atom stereocenters. The lowest BCUT2D eigenvalue weighted by atomic mass is 10.2. The van der Waals surface area contributed by atoms with Gasteiger partial charge in [0.25, 0.3) is 0 Å². The first-order chi connectivity index (χ1) is 21.1. The first kappa shape index (κ1) is 29.0. The first-order valence-corrected chi connectivity index (χ1v) is 21.0. The maximum Gasteiger partial charge on any atom is 0.334 e. The molecule has 4 fully saturated rings. The minimum absolute atomic E-state index is 0.602. The van der Waals surface area contributed by atoms with Crippen molar-refractivity contribution < 1.29 is 13.7 Å². The zero-order valence-electron chi connectivity index (χ0n) is 25.3. The summed E-state index contributed by atoms with van der Waals surface area (Å²) >= 11 is 0. The molecule has 7 heterocycles. The molecular weight excluding hydrogens is 601 g/mol. The number of ether oxygens (including phenoxy) is 1. The van der Waals surface area contributed by atoms with Gasteiger partial charge in [-0.05, 0) is 81.7 Å². The van der Waals surface area contributed by atoms with Crippen LogP contribution in [0.15, 0.2) is 54.6 Å². The molecule has 0 N–H and O–H groups in total. The fourth-order valence-corrected chi connectivity index (χ4v) is 22.7. The Morgan fingerprint density at radius 1 is 0.721 bits per heavy atom. The number of benzene rings is 1. The smallest absolute Gasteiger partial charge is 0.334 e. The summed E-state index contributed by atoms with van der Waals surface area (Å²) in [6.07, 6.45) is 11.4. The van der Waals surface area contributed by atoms with E-state index in [-0.39, 0.29) is 0 Å². The van der Waals surface area contributed by atoms with E-state index < -0.39 is 22.6 Å². The molecule has 1 aromatic carbocycles. The molecule has 1 aromatic heterocycles. The van der Waals surface area contributed by atoms with Crippen LogP contribution >= 0.6 is 22.6 Å². The predicted octanol–water partition coefficient (Wildman–Crippen LogP) is 7.92. The molecule has 0 radical (unpaired) electrons. The second-order valence-corrected chi connectivity index (χ2v) is 20.8. The van der Waals surface area contributed by atoms with Crippen molar-refractivity contribution in [2.75, 3.05) is 59.5 Å². The van der Waals surface area contributed by atoms with Gasteiger partial charge < -0.3 is 13.7 Å². The Balaban J connectivity index is 1.42. The zero-order chi connectivity index (χ0) is 28.9. The highest BCUT2D eigenvalue weighted by molar-refractivity contribution is 7.82. The van der Waals surface area contributed by atoms with Gasteiger partial charge >= 0.3 is 7.58 Å². The Labute approximate surface area is 256 Å². The van der Waals surface area contributed by atoms with E-state index in [2.05, 4.69) is 41.6 Å². The van der Waals surface area contributed by atoms with Gasteiger partial charge in [-0.25, -0.2) is 23.4 Å². The summed E-state index contributed by atoms with van der Waals surface area (Å²) in [5.74, 6) is 2.65. The maximum absolute atomic E-state index is 7.37. The molecule has 11 nitrogen and oxygen atoms in total. The second kappa shape index (κ2) is 11.7. The highest BCUT2D eigenvalue weighted by Gasteiger charge is 2.53. The van der Waals surface area contributed by atoms with Crippen LogP contribution in [0.5, 0.6) is 11.5 Å². The SMILES string of the molecule is COc1ccc2c(c1)CN(Cc1ccco1)P1(=NP(N3CCCC3)(N3CCCC3)=NP(N3CCCC3)(N3CCCC3)=N1)O2. The molecule has 4 saturated heterocycles. The van der Waals surface area contributed by atoms with E-state index in [1.807, 2.05) is 12.1 Å². The van der Waals surface area contributed by atoms with Crippen molar-refractivity contribution in [3.05, 3.63) is 47.9 Å². The van der Waals surface area contributed by atoms with Gasteiger partial charge in [-0.1, -0.05) is 0 Å². The van der Waals surface area contributed by atoms with E-state index in [4.69, 9.17) is 27.2 Å². The molecule has 0 bridgehead atoms. The van der Waals surface area contributed by atoms with Crippen molar-refractivity contribution in [1.82, 2.24) is 23.4 Å². The van der Waals surface area contributed by atoms with Gasteiger partial charge in [0.1, 0.15) is 17.3 Å². The van der Waals surface area contributed by atoms with Gasteiger partial charge in [0, 0.05) is 64.5 Å². The van der Waals surface area contributed by atoms with Crippen molar-refractivity contribution in [3.8, 4) is 11.5 Å². The molecule has 0 aliphatic carbocycles. The molecule has 234 valence electrons. The fraction of sp³-hybridized carbons (Fsp3) is 0.655. The Bertz CT molecular complexity index is 1410. The average Bonchev–Trinajstić information content (AvgIpc) is 3.88. The van der Waals surface area contributed by atoms with Crippen molar-refractivity contribution in [1.29, 1.82) is 0 Å². The molecule has 43 heavy (non-hydrogen) atoms. The van der Waals surface area contributed by atoms with Crippen LogP contribution in [0.3, 0.4) is 0 Å². The van der Waals surface area contributed by atoms with Crippen LogP contribution in [0.2, 0.25) is 0 Å². The van der Waals surface area contributed by atoms with Crippen molar-refractivity contribution in [2.24, 2.45) is 13.5 Å². The van der Waals surface area contributed by atoms with E-state index >= 15 is 0 Å². The van der Waals surface area contributed by atoms with Crippen LogP contribution in [0.25, 0.3) is 0 Å². The van der Waals surface area contributed by atoms with Crippen LogP contribution < -0.4 is 9.26 Å². The molecule has 6 aliphatic heterocycles. The van der Waals surface area contributed by atoms with E-state index in [0.29, 0.717) is 13.1 Å². The van der Waals surface area contributed by atoms with E-state index in [0.717, 1.165) is 75.2 Å². The highest BCUT2D eigenvalue weighted by atomic mass is 31.3. The van der Waals surface area contributed by atoms with Gasteiger partial charge in [-0.3, -0.25) is 0 Å². The number of hydrogen-bond donors (Lipinski definition) is 0. The average molecular weight is 647 g/mol. The van der Waals surface area contributed by atoms with Crippen molar-refractivity contribution >= 4 is 22.6 Å². The number of nitrogens with zero attached hydrogens (tertiary/aromatic N) is 8. The molecule has 6 aliphatic rings. The van der Waals surface area contributed by atoms with Crippen LogP contribution in [0.1, 0.15) is 62.7 Å². The molecule has 0 amide bonds. The van der Waals surface area contributed by atoms with Crippen LogP contribution in [0, 0.1) is 0 Å². The summed E-state index contributed by atoms with van der Waals surface area (Å²) in [5.41, 5.74) is 1.11. The van der Waals surface area contributed by atoms with Gasteiger partial charge in [-0.2, -0.15) is 13.5 Å². The lowest BCUT2D eigenvalue weighted by Crippen LogP contribution is -2.35. The molecule has 1 spiro atoms. The highest BCUT2D eigenvalue weighted by Crippen LogP contribution is 2.84. The van der Waals surface area contributed by atoms with E-state index in [1.54, 1.807) is 13.4 Å². The van der Waals surface area contributed by atoms with Crippen molar-refractivity contribution in [2.45, 2.75) is 64.5 Å². The quantitative estimate of drug-likeness (QED) is 0.281. The summed E-state index contributed by atoms with van der Waals surface area (Å²) < 4.78 is 50.5. The Morgan fingerprint density at radius 2 is 1.28 bits per heavy atom. The number of furan rings is 1. The normalized spacial score (nSPS) is 29.7. The third kappa shape index (κ3) is 5.03. The minimum Gasteiger partial charge on any atom is -0.497 e. The molecule has 14 heteroatoms. The summed E-state index contributed by atoms with van der Waals surface area (Å²) in [6.45, 7) is 9.76. The summed E-state index contributed by atoms with van der Waals surface area (Å²) in [5, 5.41) is 0. The van der Waals surface area contributed by atoms with E-state index in [9.17, 15) is 0 Å². The number of methoxy groups -OCH3 is 1. The largest absolute Gasteiger partial charge is 0.497 e. The molecule has 2 aromatic rings. The molecule has 1 unspecified atom stereocenters. The lowest BCUT2D eigenvalue weighted by molar-refractivity contribution is 0.327. The second-order valence-electron chi connectivity index (χ2n) is 12.5. The fourth-order valence-electron chi connectivity index (χ4n) is 7.47. The zero-order valence-corrected chi connectivity index (χ0v) is 28.0. The third-order valence-electron chi connectivity index (χ3n) is 9.69. The summed E-state index contributed by atoms with van der Waals surface area (Å²) in [7, 11) is -6.17. The lowest BCUT2D eigenvalue weighted by Gasteiger charge is -2.49. The standard InChI is InChI=1S/C29H45N8O3P3/c1-38-27-12-13-29-26(23-27)24-37(25-28-11-10-22-39-28)43(40-29)31-41(33-14-2-3-15-33,34-16-4-5-17-34)30-42(32-43,35-18-6-7-19-35)36-20-8-9-21-36/h10-13,22-23H,2-9,14-21,24-25H2,1H3. The van der Waals surface area contributed by atoms with E-state index in [1.165, 1.54) is 51.4 Å². The first-order valence-electron chi connectivity index (χ1n) is 16.2. The third-order valence-corrected chi connectivity index (χ3v) is 21.5. The van der Waals surface area contributed by atoms with Crippen LogP contribution in [-0.2, 0) is 13.1 Å². The molecular formula is C29H45N8O3P3. The number of rotatable bonds is 7.